The molecule has 0 atom stereocenters. The molecule has 0 unspecified atom stereocenters. The molecule has 0 radical (unpaired) electrons. The van der Waals surface area contributed by atoms with E-state index in [4.69, 9.17) is 0 Å². The molecule has 0 bridgehead atoms. The highest BCUT2D eigenvalue weighted by Crippen LogP contribution is 2.28. The molecule has 0 aliphatic heterocycles. The molecule has 0 saturated carbocycles. The van der Waals surface area contributed by atoms with Crippen molar-refractivity contribution < 1.29 is 13.2 Å². The molecule has 0 fully saturated rings. The number of hydrogen-bond donors (Lipinski definition) is 1. The molecule has 1 N–H and O–H groups in total. The highest BCUT2D eigenvalue weighted by molar-refractivity contribution is 5.26. The van der Waals surface area contributed by atoms with Crippen LogP contribution in [0.2, 0.25) is 0 Å². The van der Waals surface area contributed by atoms with Gasteiger partial charge in [-0.05, 0) is 24.6 Å². The van der Waals surface area contributed by atoms with Crippen molar-refractivity contribution in [3.8, 4) is 5.82 Å². The average Bonchev–Trinajstić information content (AvgIpc) is 2.86. The van der Waals surface area contributed by atoms with Crippen LogP contribution in [0.4, 0.5) is 13.2 Å². The van der Waals surface area contributed by atoms with Crippen molar-refractivity contribution >= 4 is 0 Å². The monoisotopic (exact) mass is 299 g/mol. The number of halogens is 3. The van der Waals surface area contributed by atoms with Gasteiger partial charge in [-0.1, -0.05) is 13.8 Å². The van der Waals surface area contributed by atoms with Crippen LogP contribution >= 0.6 is 0 Å². The minimum absolute atomic E-state index is 0.307. The summed E-state index contributed by atoms with van der Waals surface area (Å²) in [6.07, 6.45) is -2.25. The molecular formula is C13H16F3N5. The minimum atomic E-state index is -4.39. The van der Waals surface area contributed by atoms with E-state index in [9.17, 15) is 13.2 Å². The lowest BCUT2D eigenvalue weighted by Crippen LogP contribution is -2.21. The van der Waals surface area contributed by atoms with Gasteiger partial charge in [-0.2, -0.15) is 23.0 Å². The Labute approximate surface area is 120 Å². The van der Waals surface area contributed by atoms with Crippen molar-refractivity contribution in [2.45, 2.75) is 26.6 Å². The molecule has 2 aromatic rings. The van der Waals surface area contributed by atoms with Crippen LogP contribution in [0.3, 0.4) is 0 Å². The molecule has 0 aliphatic rings. The Morgan fingerprint density at radius 3 is 2.57 bits per heavy atom. The standard InChI is InChI=1S/C13H16F3N5/c1-9(2)5-17-7-12-19-8-20-21(12)11-4-3-10(6-18-11)13(14,15)16/h3-4,6,8-9,17H,5,7H2,1-2H3. The van der Waals surface area contributed by atoms with Crippen LogP contribution in [0.15, 0.2) is 24.7 Å². The van der Waals surface area contributed by atoms with Gasteiger partial charge in [0, 0.05) is 6.20 Å². The first kappa shape index (κ1) is 15.4. The van der Waals surface area contributed by atoms with E-state index < -0.39 is 11.7 Å². The highest BCUT2D eigenvalue weighted by atomic mass is 19.4. The summed E-state index contributed by atoms with van der Waals surface area (Å²) in [4.78, 5) is 7.89. The SMILES string of the molecule is CC(C)CNCc1ncnn1-c1ccc(C(F)(F)F)cn1. The Bertz CT molecular complexity index is 574. The molecule has 8 heteroatoms. The molecule has 114 valence electrons. The maximum Gasteiger partial charge on any atom is 0.417 e. The Morgan fingerprint density at radius 1 is 1.24 bits per heavy atom. The van der Waals surface area contributed by atoms with Gasteiger partial charge in [0.1, 0.15) is 12.2 Å². The molecule has 0 aliphatic carbocycles. The summed E-state index contributed by atoms with van der Waals surface area (Å²) in [7, 11) is 0. The molecule has 0 saturated heterocycles. The van der Waals surface area contributed by atoms with Crippen molar-refractivity contribution in [1.82, 2.24) is 25.1 Å². The Hall–Kier alpha value is -1.96. The number of hydrogen-bond acceptors (Lipinski definition) is 4. The molecule has 2 aromatic heterocycles. The molecule has 2 heterocycles. The predicted octanol–water partition coefficient (Wildman–Crippen LogP) is 2.43. The fraction of sp³-hybridized carbons (Fsp3) is 0.462. The van der Waals surface area contributed by atoms with Gasteiger partial charge in [0.15, 0.2) is 5.82 Å². The van der Waals surface area contributed by atoms with Crippen molar-refractivity contribution in [2.24, 2.45) is 5.92 Å². The second kappa shape index (κ2) is 6.21. The first-order valence-electron chi connectivity index (χ1n) is 6.51. The molecule has 0 spiro atoms. The van der Waals surface area contributed by atoms with Gasteiger partial charge in [-0.15, -0.1) is 0 Å². The van der Waals surface area contributed by atoms with Gasteiger partial charge >= 0.3 is 6.18 Å². The Kier molecular flexibility index (Phi) is 4.56. The van der Waals surface area contributed by atoms with Gasteiger partial charge < -0.3 is 5.32 Å². The lowest BCUT2D eigenvalue weighted by Gasteiger charge is -2.09. The third kappa shape index (κ3) is 4.01. The third-order valence-corrected chi connectivity index (χ3v) is 2.75. The van der Waals surface area contributed by atoms with E-state index in [0.717, 1.165) is 18.8 Å². The summed E-state index contributed by atoms with van der Waals surface area (Å²) in [5.74, 6) is 1.40. The van der Waals surface area contributed by atoms with E-state index in [1.54, 1.807) is 0 Å². The van der Waals surface area contributed by atoms with E-state index in [1.165, 1.54) is 17.1 Å². The summed E-state index contributed by atoms with van der Waals surface area (Å²) < 4.78 is 38.9. The van der Waals surface area contributed by atoms with Gasteiger partial charge in [0.2, 0.25) is 0 Å². The summed E-state index contributed by atoms with van der Waals surface area (Å²) in [5, 5.41) is 7.20. The number of nitrogens with one attached hydrogen (secondary N) is 1. The Balaban J connectivity index is 2.13. The second-order valence-corrected chi connectivity index (χ2v) is 5.02. The van der Waals surface area contributed by atoms with Gasteiger partial charge in [-0.3, -0.25) is 0 Å². The zero-order valence-corrected chi connectivity index (χ0v) is 11.7. The van der Waals surface area contributed by atoms with Crippen LogP contribution in [0.25, 0.3) is 5.82 Å². The number of pyridine rings is 1. The summed E-state index contributed by atoms with van der Waals surface area (Å²) in [6, 6.07) is 2.26. The summed E-state index contributed by atoms with van der Waals surface area (Å²) in [6.45, 7) is 5.44. The fourth-order valence-corrected chi connectivity index (χ4v) is 1.73. The second-order valence-electron chi connectivity index (χ2n) is 5.02. The third-order valence-electron chi connectivity index (χ3n) is 2.75. The first-order valence-corrected chi connectivity index (χ1v) is 6.51. The van der Waals surface area contributed by atoms with Crippen molar-refractivity contribution in [3.63, 3.8) is 0 Å². The highest BCUT2D eigenvalue weighted by Gasteiger charge is 2.30. The summed E-state index contributed by atoms with van der Waals surface area (Å²) in [5.41, 5.74) is -0.786. The molecule has 0 amide bonds. The number of rotatable bonds is 5. The number of alkyl halides is 3. The van der Waals surface area contributed by atoms with E-state index in [2.05, 4.69) is 34.2 Å². The van der Waals surface area contributed by atoms with Gasteiger partial charge in [-0.25, -0.2) is 9.97 Å². The zero-order valence-electron chi connectivity index (χ0n) is 11.7. The quantitative estimate of drug-likeness (QED) is 0.921. The maximum atomic E-state index is 12.5. The normalized spacial score (nSPS) is 12.1. The van der Waals surface area contributed by atoms with Crippen LogP contribution in [-0.2, 0) is 12.7 Å². The van der Waals surface area contributed by atoms with Gasteiger partial charge in [0.05, 0.1) is 12.1 Å². The molecule has 5 nitrogen and oxygen atoms in total. The van der Waals surface area contributed by atoms with Crippen LogP contribution in [-0.4, -0.2) is 26.3 Å². The van der Waals surface area contributed by atoms with Crippen molar-refractivity contribution in [3.05, 3.63) is 36.0 Å². The Morgan fingerprint density at radius 2 is 2.00 bits per heavy atom. The lowest BCUT2D eigenvalue weighted by molar-refractivity contribution is -0.137. The number of nitrogens with zero attached hydrogens (tertiary/aromatic N) is 4. The van der Waals surface area contributed by atoms with E-state index in [-0.39, 0.29) is 0 Å². The largest absolute Gasteiger partial charge is 0.417 e. The fourth-order valence-electron chi connectivity index (χ4n) is 1.73. The topological polar surface area (TPSA) is 55.6 Å². The summed E-state index contributed by atoms with van der Waals surface area (Å²) >= 11 is 0. The lowest BCUT2D eigenvalue weighted by atomic mass is 10.2. The molecule has 21 heavy (non-hydrogen) atoms. The maximum absolute atomic E-state index is 12.5. The smallest absolute Gasteiger partial charge is 0.310 e. The average molecular weight is 299 g/mol. The van der Waals surface area contributed by atoms with Crippen LogP contribution in [0, 0.1) is 5.92 Å². The minimum Gasteiger partial charge on any atom is -0.310 e. The zero-order chi connectivity index (χ0) is 15.5. The van der Waals surface area contributed by atoms with Crippen molar-refractivity contribution in [1.29, 1.82) is 0 Å². The van der Waals surface area contributed by atoms with Crippen LogP contribution < -0.4 is 5.32 Å². The van der Waals surface area contributed by atoms with Crippen LogP contribution in [0.1, 0.15) is 25.2 Å². The van der Waals surface area contributed by atoms with Crippen molar-refractivity contribution in [2.75, 3.05) is 6.54 Å². The molecular weight excluding hydrogens is 283 g/mol. The van der Waals surface area contributed by atoms with Crippen LogP contribution in [0.5, 0.6) is 0 Å². The van der Waals surface area contributed by atoms with E-state index in [0.29, 0.717) is 24.1 Å². The van der Waals surface area contributed by atoms with Gasteiger partial charge in [0.25, 0.3) is 0 Å². The molecule has 2 rings (SSSR count). The first-order chi connectivity index (χ1) is 9.88. The van der Waals surface area contributed by atoms with E-state index in [1.807, 2.05) is 0 Å². The predicted molar refractivity (Wildman–Crippen MR) is 70.7 cm³/mol. The molecule has 0 aromatic carbocycles. The van der Waals surface area contributed by atoms with E-state index >= 15 is 0 Å². The number of aromatic nitrogens is 4.